The van der Waals surface area contributed by atoms with E-state index in [1.807, 2.05) is 12.1 Å². The molecule has 0 radical (unpaired) electrons. The summed E-state index contributed by atoms with van der Waals surface area (Å²) in [6.07, 6.45) is 7.66. The molecule has 0 aromatic carbocycles. The van der Waals surface area contributed by atoms with E-state index in [1.54, 1.807) is 18.3 Å². The molecule has 1 aliphatic heterocycles. The van der Waals surface area contributed by atoms with Crippen molar-refractivity contribution >= 4 is 27.7 Å². The molecule has 1 amide bonds. The van der Waals surface area contributed by atoms with Gasteiger partial charge in [0.2, 0.25) is 5.91 Å². The van der Waals surface area contributed by atoms with E-state index in [0.717, 1.165) is 24.1 Å². The minimum Gasteiger partial charge on any atom is -0.307 e. The van der Waals surface area contributed by atoms with Crippen LogP contribution in [0.3, 0.4) is 0 Å². The van der Waals surface area contributed by atoms with Gasteiger partial charge < -0.3 is 5.32 Å². The van der Waals surface area contributed by atoms with E-state index in [-0.39, 0.29) is 5.91 Å². The third-order valence-electron chi connectivity index (χ3n) is 2.81. The fourth-order valence-corrected chi connectivity index (χ4v) is 2.13. The lowest BCUT2D eigenvalue weighted by Gasteiger charge is -2.10. The number of pyridine rings is 1. The summed E-state index contributed by atoms with van der Waals surface area (Å²) in [5, 5.41) is 2.72. The van der Waals surface area contributed by atoms with E-state index < -0.39 is 0 Å². The maximum atomic E-state index is 11.6. The maximum Gasteiger partial charge on any atom is 0.249 e. The molecule has 0 atom stereocenters. The first-order chi connectivity index (χ1) is 8.74. The van der Waals surface area contributed by atoms with E-state index in [0.29, 0.717) is 5.82 Å². The number of aromatic nitrogens is 1. The molecule has 1 aliphatic rings. The normalized spacial score (nSPS) is 16.3. The molecule has 0 bridgehead atoms. The second-order valence-corrected chi connectivity index (χ2v) is 5.18. The third-order valence-corrected chi connectivity index (χ3v) is 3.28. The van der Waals surface area contributed by atoms with Crippen LogP contribution in [-0.2, 0) is 4.79 Å². The number of nitrogens with one attached hydrogen (secondary N) is 1. The number of carbonyl (C=O) groups is 1. The quantitative estimate of drug-likeness (QED) is 0.869. The van der Waals surface area contributed by atoms with Crippen LogP contribution in [-0.4, -0.2) is 35.4 Å². The van der Waals surface area contributed by atoms with Gasteiger partial charge in [0, 0.05) is 23.3 Å². The van der Waals surface area contributed by atoms with Crippen molar-refractivity contribution in [2.45, 2.75) is 12.8 Å². The van der Waals surface area contributed by atoms with Crippen LogP contribution in [0.4, 0.5) is 5.82 Å². The molecule has 0 aliphatic carbocycles. The predicted molar refractivity (Wildman–Crippen MR) is 75.4 cm³/mol. The average Bonchev–Trinajstić information content (AvgIpc) is 2.85. The van der Waals surface area contributed by atoms with Gasteiger partial charge in [0.05, 0.1) is 0 Å². The van der Waals surface area contributed by atoms with Crippen LogP contribution in [0.25, 0.3) is 0 Å². The Labute approximate surface area is 115 Å². The summed E-state index contributed by atoms with van der Waals surface area (Å²) in [5.74, 6) is 0.429. The number of halogens is 1. The number of hydrogen-bond acceptors (Lipinski definition) is 3. The highest BCUT2D eigenvalue weighted by atomic mass is 79.9. The standard InChI is InChI=1S/C13H16BrN3O/c14-11-5-6-12(15-10-11)16-13(18)4-3-9-17-7-1-2-8-17/h3-6,10H,1-2,7-9H2,(H,15,16,18). The lowest BCUT2D eigenvalue weighted by Crippen LogP contribution is -2.19. The fourth-order valence-electron chi connectivity index (χ4n) is 1.89. The van der Waals surface area contributed by atoms with E-state index in [2.05, 4.69) is 31.1 Å². The van der Waals surface area contributed by atoms with Crippen molar-refractivity contribution in [3.63, 3.8) is 0 Å². The van der Waals surface area contributed by atoms with E-state index in [9.17, 15) is 4.79 Å². The van der Waals surface area contributed by atoms with Gasteiger partial charge >= 0.3 is 0 Å². The average molecular weight is 310 g/mol. The third kappa shape index (κ3) is 4.23. The van der Waals surface area contributed by atoms with Crippen molar-refractivity contribution in [3.8, 4) is 0 Å². The Kier molecular flexibility index (Phi) is 4.90. The number of likely N-dealkylation sites (tertiary alicyclic amines) is 1. The highest BCUT2D eigenvalue weighted by Gasteiger charge is 2.08. The summed E-state index contributed by atoms with van der Waals surface area (Å²) >= 11 is 3.30. The fraction of sp³-hybridized carbons (Fsp3) is 0.385. The minimum absolute atomic E-state index is 0.135. The van der Waals surface area contributed by atoms with Crippen molar-refractivity contribution < 1.29 is 4.79 Å². The molecule has 1 N–H and O–H groups in total. The number of nitrogens with zero attached hydrogens (tertiary/aromatic N) is 2. The molecule has 1 fully saturated rings. The summed E-state index contributed by atoms with van der Waals surface area (Å²) in [6.45, 7) is 3.13. The van der Waals surface area contributed by atoms with Crippen LogP contribution in [0.5, 0.6) is 0 Å². The molecule has 0 unspecified atom stereocenters. The Morgan fingerprint density at radius 1 is 1.44 bits per heavy atom. The van der Waals surface area contributed by atoms with Crippen LogP contribution >= 0.6 is 15.9 Å². The van der Waals surface area contributed by atoms with Crippen molar-refractivity contribution in [1.29, 1.82) is 0 Å². The van der Waals surface area contributed by atoms with Crippen LogP contribution in [0.1, 0.15) is 12.8 Å². The predicted octanol–water partition coefficient (Wildman–Crippen LogP) is 2.43. The zero-order valence-electron chi connectivity index (χ0n) is 10.1. The maximum absolute atomic E-state index is 11.6. The second-order valence-electron chi connectivity index (χ2n) is 4.26. The molecule has 2 heterocycles. The minimum atomic E-state index is -0.135. The van der Waals surface area contributed by atoms with Crippen molar-refractivity contribution in [1.82, 2.24) is 9.88 Å². The molecule has 0 spiro atoms. The lowest BCUT2D eigenvalue weighted by molar-refractivity contribution is -0.111. The Balaban J connectivity index is 1.77. The van der Waals surface area contributed by atoms with Gasteiger partial charge in [0.15, 0.2) is 0 Å². The summed E-state index contributed by atoms with van der Waals surface area (Å²) in [6, 6.07) is 3.60. The zero-order valence-corrected chi connectivity index (χ0v) is 11.7. The topological polar surface area (TPSA) is 45.2 Å². The number of hydrogen-bond donors (Lipinski definition) is 1. The van der Waals surface area contributed by atoms with Crippen LogP contribution in [0.15, 0.2) is 35.0 Å². The monoisotopic (exact) mass is 309 g/mol. The first kappa shape index (κ1) is 13.2. The second kappa shape index (κ2) is 6.66. The smallest absolute Gasteiger partial charge is 0.249 e. The Hall–Kier alpha value is -1.20. The first-order valence-electron chi connectivity index (χ1n) is 6.05. The van der Waals surface area contributed by atoms with Crippen LogP contribution in [0, 0.1) is 0 Å². The number of carbonyl (C=O) groups excluding carboxylic acids is 1. The number of amides is 1. The summed E-state index contributed by atoms with van der Waals surface area (Å²) < 4.78 is 0.894. The van der Waals surface area contributed by atoms with E-state index in [4.69, 9.17) is 0 Å². The molecule has 2 rings (SSSR count). The summed E-state index contributed by atoms with van der Waals surface area (Å²) in [5.41, 5.74) is 0. The van der Waals surface area contributed by atoms with Gasteiger partial charge in [-0.1, -0.05) is 6.08 Å². The number of rotatable bonds is 4. The van der Waals surface area contributed by atoms with Crippen molar-refractivity contribution in [2.75, 3.05) is 25.0 Å². The van der Waals surface area contributed by atoms with Crippen molar-refractivity contribution in [3.05, 3.63) is 35.0 Å². The van der Waals surface area contributed by atoms with Gasteiger partial charge in [-0.3, -0.25) is 9.69 Å². The molecule has 96 valence electrons. The molecule has 0 saturated carbocycles. The van der Waals surface area contributed by atoms with Gasteiger partial charge in [-0.15, -0.1) is 0 Å². The van der Waals surface area contributed by atoms with E-state index in [1.165, 1.54) is 12.8 Å². The van der Waals surface area contributed by atoms with Gasteiger partial charge in [-0.25, -0.2) is 4.98 Å². The molecule has 1 aromatic rings. The zero-order chi connectivity index (χ0) is 12.8. The molecule has 1 saturated heterocycles. The Morgan fingerprint density at radius 2 is 2.22 bits per heavy atom. The molecule has 5 heteroatoms. The molecular formula is C13H16BrN3O. The Morgan fingerprint density at radius 3 is 2.89 bits per heavy atom. The first-order valence-corrected chi connectivity index (χ1v) is 6.85. The molecule has 1 aromatic heterocycles. The highest BCUT2D eigenvalue weighted by Crippen LogP contribution is 2.10. The van der Waals surface area contributed by atoms with Gasteiger partial charge in [-0.2, -0.15) is 0 Å². The largest absolute Gasteiger partial charge is 0.307 e. The molecular weight excluding hydrogens is 294 g/mol. The summed E-state index contributed by atoms with van der Waals surface area (Å²) in [7, 11) is 0. The lowest BCUT2D eigenvalue weighted by atomic mass is 10.4. The van der Waals surface area contributed by atoms with Crippen LogP contribution < -0.4 is 5.32 Å². The molecule has 18 heavy (non-hydrogen) atoms. The van der Waals surface area contributed by atoms with Crippen molar-refractivity contribution in [2.24, 2.45) is 0 Å². The van der Waals surface area contributed by atoms with Gasteiger partial charge in [-0.05, 0) is 54.0 Å². The van der Waals surface area contributed by atoms with Gasteiger partial charge in [0.1, 0.15) is 5.82 Å². The number of anilines is 1. The highest BCUT2D eigenvalue weighted by molar-refractivity contribution is 9.10. The van der Waals surface area contributed by atoms with E-state index >= 15 is 0 Å². The SMILES string of the molecule is O=C(C=CCN1CCCC1)Nc1ccc(Br)cn1. The van der Waals surface area contributed by atoms with Gasteiger partial charge in [0.25, 0.3) is 0 Å². The Bertz CT molecular complexity index is 424. The molecule has 4 nitrogen and oxygen atoms in total. The van der Waals surface area contributed by atoms with Crippen LogP contribution in [0.2, 0.25) is 0 Å². The summed E-state index contributed by atoms with van der Waals surface area (Å²) in [4.78, 5) is 18.0.